The van der Waals surface area contributed by atoms with Gasteiger partial charge in [-0.3, -0.25) is 24.5 Å². The number of nitro benzene ring substituents is 1. The number of hydrogen-bond donors (Lipinski definition) is 0. The van der Waals surface area contributed by atoms with Crippen molar-refractivity contribution in [3.63, 3.8) is 0 Å². The molecule has 0 unspecified atom stereocenters. The number of non-ortho nitro benzene ring substituents is 1. The third-order valence-electron chi connectivity index (χ3n) is 3.81. The van der Waals surface area contributed by atoms with Gasteiger partial charge in [-0.2, -0.15) is 0 Å². The minimum absolute atomic E-state index is 0.0487. The topological polar surface area (TPSA) is 104 Å². The number of carbonyl (C=O) groups is 3. The van der Waals surface area contributed by atoms with E-state index in [-0.39, 0.29) is 35.8 Å². The maximum Gasteiger partial charge on any atom is 0.311 e. The van der Waals surface area contributed by atoms with Crippen molar-refractivity contribution in [3.05, 3.63) is 46.5 Å². The fourth-order valence-corrected chi connectivity index (χ4v) is 2.29. The fourth-order valence-electron chi connectivity index (χ4n) is 2.29. The number of hydrogen-bond acceptors (Lipinski definition) is 6. The Bertz CT molecular complexity index is 671. The van der Waals surface area contributed by atoms with Crippen LogP contribution in [0, 0.1) is 15.5 Å². The Balaban J connectivity index is 1.83. The number of nitrogens with zero attached hydrogens (tertiary/aromatic N) is 1. The SMILES string of the molecule is CC1(CCCC(=O)Oc2ccc([N+](=O)[O-])cc2)C(=O)C=CC1=O. The molecule has 1 aromatic carbocycles. The molecular formula is C16H15NO6. The number of nitro groups is 1. The normalized spacial score (nSPS) is 15.7. The van der Waals surface area contributed by atoms with Gasteiger partial charge >= 0.3 is 5.97 Å². The first kappa shape index (κ1) is 16.5. The predicted octanol–water partition coefficient (Wildman–Crippen LogP) is 2.38. The van der Waals surface area contributed by atoms with Crippen molar-refractivity contribution in [2.75, 3.05) is 0 Å². The molecule has 0 aliphatic heterocycles. The van der Waals surface area contributed by atoms with Gasteiger partial charge in [0.15, 0.2) is 11.6 Å². The van der Waals surface area contributed by atoms with Crippen LogP contribution in [0.4, 0.5) is 5.69 Å². The Morgan fingerprint density at radius 2 is 1.74 bits per heavy atom. The van der Waals surface area contributed by atoms with Crippen LogP contribution in [-0.2, 0) is 14.4 Å². The summed E-state index contributed by atoms with van der Waals surface area (Å²) in [5, 5.41) is 10.5. The number of benzene rings is 1. The van der Waals surface area contributed by atoms with Crippen LogP contribution >= 0.6 is 0 Å². The van der Waals surface area contributed by atoms with Crippen LogP contribution < -0.4 is 4.74 Å². The standard InChI is InChI=1S/C16H15NO6/c1-16(13(18)8-9-14(16)19)10-2-3-15(20)23-12-6-4-11(5-7-12)17(21)22/h4-9H,2-3,10H2,1H3. The van der Waals surface area contributed by atoms with E-state index in [0.717, 1.165) is 0 Å². The van der Waals surface area contributed by atoms with E-state index in [1.807, 2.05) is 0 Å². The molecule has 0 N–H and O–H groups in total. The van der Waals surface area contributed by atoms with Crippen LogP contribution in [0.1, 0.15) is 26.2 Å². The van der Waals surface area contributed by atoms with Gasteiger partial charge in [0.2, 0.25) is 0 Å². The number of carbonyl (C=O) groups excluding carboxylic acids is 3. The summed E-state index contributed by atoms with van der Waals surface area (Å²) in [7, 11) is 0. The average Bonchev–Trinajstić information content (AvgIpc) is 2.75. The highest BCUT2D eigenvalue weighted by molar-refractivity contribution is 6.21. The van der Waals surface area contributed by atoms with Crippen LogP contribution in [0.2, 0.25) is 0 Å². The molecule has 7 nitrogen and oxygen atoms in total. The minimum Gasteiger partial charge on any atom is -0.427 e. The Morgan fingerprint density at radius 1 is 1.17 bits per heavy atom. The summed E-state index contributed by atoms with van der Waals surface area (Å²) in [5.74, 6) is -0.799. The van der Waals surface area contributed by atoms with Crippen molar-refractivity contribution in [1.82, 2.24) is 0 Å². The fraction of sp³-hybridized carbons (Fsp3) is 0.312. The van der Waals surface area contributed by atoms with E-state index in [9.17, 15) is 24.5 Å². The molecule has 0 atom stereocenters. The molecular weight excluding hydrogens is 302 g/mol. The van der Waals surface area contributed by atoms with Crippen LogP contribution in [0.15, 0.2) is 36.4 Å². The van der Waals surface area contributed by atoms with Gasteiger partial charge in [-0.15, -0.1) is 0 Å². The molecule has 1 aliphatic carbocycles. The van der Waals surface area contributed by atoms with E-state index in [4.69, 9.17) is 4.74 Å². The highest BCUT2D eigenvalue weighted by Crippen LogP contribution is 2.32. The van der Waals surface area contributed by atoms with Gasteiger partial charge in [-0.25, -0.2) is 0 Å². The second-order valence-electron chi connectivity index (χ2n) is 5.47. The molecule has 0 bridgehead atoms. The molecule has 0 fully saturated rings. The van der Waals surface area contributed by atoms with Crippen molar-refractivity contribution in [3.8, 4) is 5.75 Å². The number of allylic oxidation sites excluding steroid dienone is 2. The predicted molar refractivity (Wildman–Crippen MR) is 79.8 cm³/mol. The minimum atomic E-state index is -1.08. The molecule has 0 spiro atoms. The Morgan fingerprint density at radius 3 is 2.26 bits per heavy atom. The second-order valence-corrected chi connectivity index (χ2v) is 5.47. The number of ether oxygens (including phenoxy) is 1. The molecule has 7 heteroatoms. The quantitative estimate of drug-likeness (QED) is 0.262. The number of esters is 1. The maximum atomic E-state index is 11.7. The lowest BCUT2D eigenvalue weighted by molar-refractivity contribution is -0.384. The highest BCUT2D eigenvalue weighted by Gasteiger charge is 2.41. The third kappa shape index (κ3) is 3.68. The zero-order chi connectivity index (χ0) is 17.0. The lowest BCUT2D eigenvalue weighted by Gasteiger charge is -2.19. The van der Waals surface area contributed by atoms with Gasteiger partial charge in [0.05, 0.1) is 10.3 Å². The molecule has 23 heavy (non-hydrogen) atoms. The summed E-state index contributed by atoms with van der Waals surface area (Å²) in [6, 6.07) is 5.16. The highest BCUT2D eigenvalue weighted by atomic mass is 16.6. The monoisotopic (exact) mass is 317 g/mol. The molecule has 0 saturated carbocycles. The van der Waals surface area contributed by atoms with Crippen molar-refractivity contribution in [2.45, 2.75) is 26.2 Å². The smallest absolute Gasteiger partial charge is 0.311 e. The summed E-state index contributed by atoms with van der Waals surface area (Å²) in [4.78, 5) is 45.1. The van der Waals surface area contributed by atoms with Gasteiger partial charge in [-0.05, 0) is 44.1 Å². The van der Waals surface area contributed by atoms with Crippen molar-refractivity contribution < 1.29 is 24.0 Å². The van der Waals surface area contributed by atoms with E-state index in [1.165, 1.54) is 36.4 Å². The van der Waals surface area contributed by atoms with Gasteiger partial charge in [0.25, 0.3) is 5.69 Å². The Labute approximate surface area is 132 Å². The molecule has 0 aromatic heterocycles. The van der Waals surface area contributed by atoms with Gasteiger partial charge in [0.1, 0.15) is 5.75 Å². The zero-order valence-corrected chi connectivity index (χ0v) is 12.5. The van der Waals surface area contributed by atoms with Crippen LogP contribution in [0.5, 0.6) is 5.75 Å². The summed E-state index contributed by atoms with van der Waals surface area (Å²) < 4.78 is 5.05. The summed E-state index contributed by atoms with van der Waals surface area (Å²) in [5.41, 5.74) is -1.17. The molecule has 0 radical (unpaired) electrons. The van der Waals surface area contributed by atoms with Crippen molar-refractivity contribution in [2.24, 2.45) is 5.41 Å². The lowest BCUT2D eigenvalue weighted by Crippen LogP contribution is -2.30. The van der Waals surface area contributed by atoms with Gasteiger partial charge in [0, 0.05) is 18.6 Å². The number of rotatable bonds is 6. The van der Waals surface area contributed by atoms with Gasteiger partial charge < -0.3 is 4.74 Å². The Kier molecular flexibility index (Phi) is 4.68. The molecule has 0 heterocycles. The van der Waals surface area contributed by atoms with Crippen molar-refractivity contribution >= 4 is 23.2 Å². The maximum absolute atomic E-state index is 11.7. The summed E-state index contributed by atoms with van der Waals surface area (Å²) >= 11 is 0. The average molecular weight is 317 g/mol. The molecule has 1 aromatic rings. The van der Waals surface area contributed by atoms with E-state index in [0.29, 0.717) is 6.42 Å². The van der Waals surface area contributed by atoms with E-state index in [1.54, 1.807) is 6.92 Å². The second kappa shape index (κ2) is 6.51. The molecule has 0 saturated heterocycles. The number of ketones is 2. The third-order valence-corrected chi connectivity index (χ3v) is 3.81. The first-order valence-electron chi connectivity index (χ1n) is 7.05. The van der Waals surface area contributed by atoms with E-state index < -0.39 is 16.3 Å². The largest absolute Gasteiger partial charge is 0.427 e. The first-order valence-corrected chi connectivity index (χ1v) is 7.05. The van der Waals surface area contributed by atoms with E-state index >= 15 is 0 Å². The zero-order valence-electron chi connectivity index (χ0n) is 12.5. The first-order chi connectivity index (χ1) is 10.8. The molecule has 2 rings (SSSR count). The summed E-state index contributed by atoms with van der Waals surface area (Å²) in [6.45, 7) is 1.57. The van der Waals surface area contributed by atoms with Crippen LogP contribution in [-0.4, -0.2) is 22.5 Å². The van der Waals surface area contributed by atoms with Crippen LogP contribution in [0.3, 0.4) is 0 Å². The molecule has 120 valence electrons. The molecule has 0 amide bonds. The Hall–Kier alpha value is -2.83. The summed E-state index contributed by atoms with van der Waals surface area (Å²) in [6.07, 6.45) is 3.18. The van der Waals surface area contributed by atoms with Crippen LogP contribution in [0.25, 0.3) is 0 Å². The van der Waals surface area contributed by atoms with Gasteiger partial charge in [-0.1, -0.05) is 0 Å². The van der Waals surface area contributed by atoms with Crippen molar-refractivity contribution in [1.29, 1.82) is 0 Å². The lowest BCUT2D eigenvalue weighted by atomic mass is 9.81. The molecule has 1 aliphatic rings. The van der Waals surface area contributed by atoms with E-state index in [2.05, 4.69) is 0 Å².